The minimum atomic E-state index is -0.170. The van der Waals surface area contributed by atoms with Crippen molar-refractivity contribution in [3.05, 3.63) is 39.6 Å². The van der Waals surface area contributed by atoms with Gasteiger partial charge in [-0.25, -0.2) is 4.68 Å². The summed E-state index contributed by atoms with van der Waals surface area (Å²) in [6, 6.07) is 5.03. The molecule has 0 atom stereocenters. The maximum absolute atomic E-state index is 9.27. The van der Waals surface area contributed by atoms with E-state index in [1.807, 2.05) is 6.92 Å². The van der Waals surface area contributed by atoms with Crippen LogP contribution in [0.3, 0.4) is 0 Å². The molecule has 1 aromatic carbocycles. The Bertz CT molecular complexity index is 587. The maximum Gasteiger partial charge on any atom is 0.138 e. The fraction of sp³-hybridized carbons (Fsp3) is 0.385. The number of aromatic nitrogens is 3. The molecule has 7 heteroatoms. The third kappa shape index (κ3) is 3.42. The topological polar surface area (TPSA) is 60.2 Å². The Labute approximate surface area is 127 Å². The van der Waals surface area contributed by atoms with Gasteiger partial charge in [0.2, 0.25) is 0 Å². The van der Waals surface area contributed by atoms with E-state index in [1.165, 1.54) is 0 Å². The molecule has 0 saturated carbocycles. The molecule has 0 aliphatic carbocycles. The van der Waals surface area contributed by atoms with Crippen LogP contribution in [0.5, 0.6) is 5.75 Å². The Kier molecular flexibility index (Phi) is 5.23. The first-order chi connectivity index (χ1) is 9.65. The third-order valence-corrected chi connectivity index (χ3v) is 3.29. The van der Waals surface area contributed by atoms with Crippen molar-refractivity contribution in [3.63, 3.8) is 0 Å². The first-order valence-corrected chi connectivity index (χ1v) is 7.01. The van der Waals surface area contributed by atoms with Crippen molar-refractivity contribution < 1.29 is 9.84 Å². The SMILES string of the molecule is CCCn1nnc(CO)c1COc1ccc(Cl)cc1Cl. The van der Waals surface area contributed by atoms with Crippen LogP contribution < -0.4 is 4.74 Å². The summed E-state index contributed by atoms with van der Waals surface area (Å²) in [5.74, 6) is 0.532. The van der Waals surface area contributed by atoms with Crippen molar-refractivity contribution in [2.24, 2.45) is 0 Å². The number of aliphatic hydroxyl groups is 1. The van der Waals surface area contributed by atoms with Gasteiger partial charge in [-0.3, -0.25) is 0 Å². The first-order valence-electron chi connectivity index (χ1n) is 6.25. The molecular weight excluding hydrogens is 301 g/mol. The van der Waals surface area contributed by atoms with Gasteiger partial charge in [0.15, 0.2) is 0 Å². The van der Waals surface area contributed by atoms with Gasteiger partial charge in [-0.15, -0.1) is 5.10 Å². The molecule has 0 saturated heterocycles. The number of halogens is 2. The van der Waals surface area contributed by atoms with Crippen molar-refractivity contribution in [1.29, 1.82) is 0 Å². The summed E-state index contributed by atoms with van der Waals surface area (Å²) in [6.07, 6.45) is 0.920. The average Bonchev–Trinajstić information content (AvgIpc) is 2.80. The van der Waals surface area contributed by atoms with E-state index in [2.05, 4.69) is 10.3 Å². The van der Waals surface area contributed by atoms with Gasteiger partial charge in [-0.1, -0.05) is 35.3 Å². The molecule has 2 aromatic rings. The van der Waals surface area contributed by atoms with Gasteiger partial charge in [-0.2, -0.15) is 0 Å². The molecule has 108 valence electrons. The van der Waals surface area contributed by atoms with Crippen molar-refractivity contribution >= 4 is 23.2 Å². The Balaban J connectivity index is 2.15. The zero-order valence-corrected chi connectivity index (χ0v) is 12.5. The van der Waals surface area contributed by atoms with Gasteiger partial charge in [0, 0.05) is 11.6 Å². The lowest BCUT2D eigenvalue weighted by Gasteiger charge is -2.10. The van der Waals surface area contributed by atoms with Crippen LogP contribution in [0.1, 0.15) is 24.7 Å². The second kappa shape index (κ2) is 6.92. The molecule has 1 N–H and O–H groups in total. The molecule has 0 radical (unpaired) electrons. The van der Waals surface area contributed by atoms with Gasteiger partial charge in [0.1, 0.15) is 23.7 Å². The number of rotatable bonds is 6. The lowest BCUT2D eigenvalue weighted by Crippen LogP contribution is -2.09. The highest BCUT2D eigenvalue weighted by Crippen LogP contribution is 2.28. The fourth-order valence-electron chi connectivity index (χ4n) is 1.78. The molecule has 1 heterocycles. The minimum absolute atomic E-state index is 0.170. The van der Waals surface area contributed by atoms with Gasteiger partial charge in [0.05, 0.1) is 11.6 Å². The van der Waals surface area contributed by atoms with Crippen LogP contribution in [-0.2, 0) is 19.8 Å². The van der Waals surface area contributed by atoms with E-state index in [4.69, 9.17) is 27.9 Å². The quantitative estimate of drug-likeness (QED) is 0.890. The van der Waals surface area contributed by atoms with Gasteiger partial charge >= 0.3 is 0 Å². The fourth-order valence-corrected chi connectivity index (χ4v) is 2.24. The van der Waals surface area contributed by atoms with Gasteiger partial charge in [-0.05, 0) is 24.6 Å². The van der Waals surface area contributed by atoms with Crippen LogP contribution in [0.15, 0.2) is 18.2 Å². The van der Waals surface area contributed by atoms with E-state index in [9.17, 15) is 5.11 Å². The first kappa shape index (κ1) is 15.1. The Morgan fingerprint density at radius 3 is 2.80 bits per heavy atom. The summed E-state index contributed by atoms with van der Waals surface area (Å²) < 4.78 is 7.39. The predicted octanol–water partition coefficient (Wildman–Crippen LogP) is 3.07. The minimum Gasteiger partial charge on any atom is -0.486 e. The monoisotopic (exact) mass is 315 g/mol. The van der Waals surface area contributed by atoms with E-state index in [1.54, 1.807) is 22.9 Å². The Morgan fingerprint density at radius 2 is 2.15 bits per heavy atom. The lowest BCUT2D eigenvalue weighted by molar-refractivity contribution is 0.261. The summed E-state index contributed by atoms with van der Waals surface area (Å²) in [5, 5.41) is 18.2. The molecule has 20 heavy (non-hydrogen) atoms. The zero-order chi connectivity index (χ0) is 14.5. The molecule has 1 aromatic heterocycles. The highest BCUT2D eigenvalue weighted by atomic mass is 35.5. The van der Waals surface area contributed by atoms with Gasteiger partial charge in [0.25, 0.3) is 0 Å². The number of ether oxygens (including phenoxy) is 1. The van der Waals surface area contributed by atoms with E-state index < -0.39 is 0 Å². The largest absolute Gasteiger partial charge is 0.486 e. The average molecular weight is 316 g/mol. The molecule has 0 bridgehead atoms. The van der Waals surface area contributed by atoms with Crippen LogP contribution >= 0.6 is 23.2 Å². The summed E-state index contributed by atoms with van der Waals surface area (Å²) in [6.45, 7) is 2.84. The lowest BCUT2D eigenvalue weighted by atomic mass is 10.3. The predicted molar refractivity (Wildman–Crippen MR) is 77.0 cm³/mol. The normalized spacial score (nSPS) is 10.8. The van der Waals surface area contributed by atoms with E-state index in [0.717, 1.165) is 18.7 Å². The molecule has 0 aliphatic heterocycles. The second-order valence-corrected chi connectivity index (χ2v) is 5.07. The van der Waals surface area contributed by atoms with Crippen molar-refractivity contribution in [2.75, 3.05) is 0 Å². The summed E-state index contributed by atoms with van der Waals surface area (Å²) in [7, 11) is 0. The maximum atomic E-state index is 9.27. The highest BCUT2D eigenvalue weighted by molar-refractivity contribution is 6.35. The van der Waals surface area contributed by atoms with E-state index >= 15 is 0 Å². The van der Waals surface area contributed by atoms with E-state index in [-0.39, 0.29) is 13.2 Å². The zero-order valence-electron chi connectivity index (χ0n) is 11.0. The Hall–Kier alpha value is -1.30. The second-order valence-electron chi connectivity index (χ2n) is 4.23. The summed E-state index contributed by atoms with van der Waals surface area (Å²) in [4.78, 5) is 0. The van der Waals surface area contributed by atoms with Gasteiger partial charge < -0.3 is 9.84 Å². The van der Waals surface area contributed by atoms with Crippen LogP contribution in [0.4, 0.5) is 0 Å². The van der Waals surface area contributed by atoms with Crippen molar-refractivity contribution in [2.45, 2.75) is 33.1 Å². The van der Waals surface area contributed by atoms with Crippen LogP contribution in [0.2, 0.25) is 10.0 Å². The molecule has 0 aliphatic rings. The number of benzene rings is 1. The molecule has 0 amide bonds. The number of nitrogens with zero attached hydrogens (tertiary/aromatic N) is 3. The van der Waals surface area contributed by atoms with Crippen LogP contribution in [0.25, 0.3) is 0 Å². The third-order valence-electron chi connectivity index (χ3n) is 2.76. The summed E-state index contributed by atoms with van der Waals surface area (Å²) in [5.41, 5.74) is 1.27. The number of hydrogen-bond donors (Lipinski definition) is 1. The highest BCUT2D eigenvalue weighted by Gasteiger charge is 2.13. The molecule has 2 rings (SSSR count). The number of aliphatic hydroxyl groups excluding tert-OH is 1. The number of aryl methyl sites for hydroxylation is 1. The molecule has 0 spiro atoms. The van der Waals surface area contributed by atoms with Crippen molar-refractivity contribution in [3.8, 4) is 5.75 Å². The standard InChI is InChI=1S/C13H15Cl2N3O2/c1-2-5-18-12(11(7-19)16-17-18)8-20-13-4-3-9(14)6-10(13)15/h3-4,6,19H,2,5,7-8H2,1H3. The van der Waals surface area contributed by atoms with E-state index in [0.29, 0.717) is 21.5 Å². The van der Waals surface area contributed by atoms with Crippen LogP contribution in [-0.4, -0.2) is 20.1 Å². The smallest absolute Gasteiger partial charge is 0.138 e. The molecule has 5 nitrogen and oxygen atoms in total. The number of hydrogen-bond acceptors (Lipinski definition) is 4. The van der Waals surface area contributed by atoms with Crippen molar-refractivity contribution in [1.82, 2.24) is 15.0 Å². The Morgan fingerprint density at radius 1 is 1.35 bits per heavy atom. The molecular formula is C13H15Cl2N3O2. The summed E-state index contributed by atoms with van der Waals surface area (Å²) >= 11 is 11.9. The van der Waals surface area contributed by atoms with Crippen LogP contribution in [0, 0.1) is 0 Å². The molecule has 0 unspecified atom stereocenters. The molecule has 0 fully saturated rings.